The van der Waals surface area contributed by atoms with Crippen molar-refractivity contribution < 1.29 is 14.3 Å². The van der Waals surface area contributed by atoms with Crippen molar-refractivity contribution in [1.82, 2.24) is 5.32 Å². The number of carbonyl (C=O) groups excluding carboxylic acids is 2. The van der Waals surface area contributed by atoms with Gasteiger partial charge >= 0.3 is 0 Å². The van der Waals surface area contributed by atoms with Gasteiger partial charge < -0.3 is 15.4 Å². The maximum atomic E-state index is 12.3. The van der Waals surface area contributed by atoms with Gasteiger partial charge in [0.1, 0.15) is 5.75 Å². The number of methoxy groups -OCH3 is 1. The van der Waals surface area contributed by atoms with Crippen molar-refractivity contribution in [1.29, 1.82) is 0 Å². The summed E-state index contributed by atoms with van der Waals surface area (Å²) >= 11 is 6.07. The summed E-state index contributed by atoms with van der Waals surface area (Å²) in [4.78, 5) is 24.6. The molecule has 0 aromatic heterocycles. The molecule has 0 spiro atoms. The Labute approximate surface area is 157 Å². The molecule has 5 nitrogen and oxygen atoms in total. The van der Waals surface area contributed by atoms with E-state index in [2.05, 4.69) is 10.6 Å². The van der Waals surface area contributed by atoms with Crippen LogP contribution in [0.3, 0.4) is 0 Å². The Kier molecular flexibility index (Phi) is 5.47. The fourth-order valence-corrected chi connectivity index (χ4v) is 3.02. The van der Waals surface area contributed by atoms with Crippen LogP contribution in [0.2, 0.25) is 5.02 Å². The fraction of sp³-hybridized carbons (Fsp3) is 0.300. The molecule has 2 aromatic rings. The molecule has 2 N–H and O–H groups in total. The van der Waals surface area contributed by atoms with Gasteiger partial charge in [-0.15, -0.1) is 0 Å². The first-order chi connectivity index (χ1) is 12.5. The topological polar surface area (TPSA) is 67.4 Å². The molecule has 0 heterocycles. The predicted octanol–water partition coefficient (Wildman–Crippen LogP) is 3.55. The molecule has 0 aliphatic heterocycles. The Bertz CT molecular complexity index is 838. The molecule has 0 bridgehead atoms. The molecule has 1 aliphatic carbocycles. The summed E-state index contributed by atoms with van der Waals surface area (Å²) in [6, 6.07) is 12.9. The van der Waals surface area contributed by atoms with Gasteiger partial charge in [0.05, 0.1) is 18.9 Å². The van der Waals surface area contributed by atoms with E-state index in [0.717, 1.165) is 16.9 Å². The molecule has 2 aromatic carbocycles. The van der Waals surface area contributed by atoms with Gasteiger partial charge in [0.15, 0.2) is 0 Å². The first kappa shape index (κ1) is 18.3. The molecule has 2 atom stereocenters. The Morgan fingerprint density at radius 2 is 1.88 bits per heavy atom. The van der Waals surface area contributed by atoms with Crippen molar-refractivity contribution in [3.05, 3.63) is 58.6 Å². The molecular weight excluding hydrogens is 352 g/mol. The number of benzene rings is 2. The summed E-state index contributed by atoms with van der Waals surface area (Å²) in [5, 5.41) is 6.31. The van der Waals surface area contributed by atoms with Gasteiger partial charge in [-0.2, -0.15) is 0 Å². The zero-order valence-corrected chi connectivity index (χ0v) is 15.5. The van der Waals surface area contributed by atoms with Crippen molar-refractivity contribution in [2.75, 3.05) is 12.4 Å². The molecule has 0 radical (unpaired) electrons. The maximum absolute atomic E-state index is 12.3. The maximum Gasteiger partial charge on any atom is 0.228 e. The number of nitrogens with one attached hydrogen (secondary N) is 2. The standard InChI is InChI=1S/C20H21ClN2O3/c1-12-7-8-14(9-17(12)21)23-20(25)16-10-15(16)19(24)22-11-13-5-3-4-6-18(13)26-2/h3-9,15-16H,10-11H2,1-2H3,(H,22,24)(H,23,25). The highest BCUT2D eigenvalue weighted by molar-refractivity contribution is 6.31. The summed E-state index contributed by atoms with van der Waals surface area (Å²) in [6.07, 6.45) is 0.559. The third-order valence-corrected chi connectivity index (χ3v) is 4.96. The monoisotopic (exact) mass is 372 g/mol. The highest BCUT2D eigenvalue weighted by atomic mass is 35.5. The number of ether oxygens (including phenoxy) is 1. The van der Waals surface area contributed by atoms with Crippen LogP contribution in [0.15, 0.2) is 42.5 Å². The third kappa shape index (κ3) is 4.17. The minimum atomic E-state index is -0.298. The molecule has 2 unspecified atom stereocenters. The lowest BCUT2D eigenvalue weighted by molar-refractivity contribution is -0.125. The van der Waals surface area contributed by atoms with E-state index in [4.69, 9.17) is 16.3 Å². The van der Waals surface area contributed by atoms with Crippen LogP contribution in [0.25, 0.3) is 0 Å². The molecule has 6 heteroatoms. The summed E-state index contributed by atoms with van der Waals surface area (Å²) < 4.78 is 5.27. The normalized spacial score (nSPS) is 18.1. The number of hydrogen-bond donors (Lipinski definition) is 2. The second-order valence-corrected chi connectivity index (χ2v) is 6.84. The van der Waals surface area contributed by atoms with E-state index in [0.29, 0.717) is 23.7 Å². The molecule has 0 saturated heterocycles. The van der Waals surface area contributed by atoms with Gasteiger partial charge in [-0.05, 0) is 37.1 Å². The summed E-state index contributed by atoms with van der Waals surface area (Å²) in [5.74, 6) is -0.118. The number of hydrogen-bond acceptors (Lipinski definition) is 3. The predicted molar refractivity (Wildman–Crippen MR) is 101 cm³/mol. The Morgan fingerprint density at radius 1 is 1.15 bits per heavy atom. The number of anilines is 1. The molecule has 26 heavy (non-hydrogen) atoms. The summed E-state index contributed by atoms with van der Waals surface area (Å²) in [5.41, 5.74) is 2.50. The van der Waals surface area contributed by atoms with Crippen LogP contribution in [0.4, 0.5) is 5.69 Å². The molecule has 3 rings (SSSR count). The van der Waals surface area contributed by atoms with Crippen molar-refractivity contribution >= 4 is 29.1 Å². The van der Waals surface area contributed by atoms with E-state index < -0.39 is 0 Å². The van der Waals surface area contributed by atoms with Crippen LogP contribution in [-0.4, -0.2) is 18.9 Å². The average Bonchev–Trinajstić information content (AvgIpc) is 3.44. The lowest BCUT2D eigenvalue weighted by Crippen LogP contribution is -2.27. The first-order valence-corrected chi connectivity index (χ1v) is 8.84. The lowest BCUT2D eigenvalue weighted by Gasteiger charge is -2.10. The average molecular weight is 373 g/mol. The van der Waals surface area contributed by atoms with Gasteiger partial charge in [0.25, 0.3) is 0 Å². The molecule has 2 amide bonds. The van der Waals surface area contributed by atoms with Crippen LogP contribution >= 0.6 is 11.6 Å². The van der Waals surface area contributed by atoms with E-state index in [1.165, 1.54) is 0 Å². The van der Waals surface area contributed by atoms with Gasteiger partial charge in [-0.3, -0.25) is 9.59 Å². The van der Waals surface area contributed by atoms with E-state index in [-0.39, 0.29) is 23.7 Å². The number of halogens is 1. The minimum absolute atomic E-state index is 0.113. The van der Waals surface area contributed by atoms with E-state index in [9.17, 15) is 9.59 Å². The second kappa shape index (κ2) is 7.79. The number of carbonyl (C=O) groups is 2. The van der Waals surface area contributed by atoms with Crippen LogP contribution in [0.5, 0.6) is 5.75 Å². The summed E-state index contributed by atoms with van der Waals surface area (Å²) in [7, 11) is 1.60. The van der Waals surface area contributed by atoms with Crippen molar-refractivity contribution in [3.63, 3.8) is 0 Å². The quantitative estimate of drug-likeness (QED) is 0.814. The zero-order chi connectivity index (χ0) is 18.7. The summed E-state index contributed by atoms with van der Waals surface area (Å²) in [6.45, 7) is 2.28. The van der Waals surface area contributed by atoms with Crippen LogP contribution in [0, 0.1) is 18.8 Å². The molecular formula is C20H21ClN2O3. The van der Waals surface area contributed by atoms with Gasteiger partial charge in [0.2, 0.25) is 11.8 Å². The van der Waals surface area contributed by atoms with Crippen molar-refractivity contribution in [2.45, 2.75) is 19.9 Å². The van der Waals surface area contributed by atoms with E-state index in [1.54, 1.807) is 19.2 Å². The highest BCUT2D eigenvalue weighted by Crippen LogP contribution is 2.39. The van der Waals surface area contributed by atoms with Crippen molar-refractivity contribution in [3.8, 4) is 5.75 Å². The van der Waals surface area contributed by atoms with E-state index in [1.807, 2.05) is 37.3 Å². The second-order valence-electron chi connectivity index (χ2n) is 6.43. The number of amides is 2. The Hall–Kier alpha value is -2.53. The third-order valence-electron chi connectivity index (χ3n) is 4.55. The smallest absolute Gasteiger partial charge is 0.228 e. The number of rotatable bonds is 6. The number of aryl methyl sites for hydroxylation is 1. The largest absolute Gasteiger partial charge is 0.496 e. The van der Waals surface area contributed by atoms with Gasteiger partial charge in [0, 0.05) is 22.8 Å². The van der Waals surface area contributed by atoms with Gasteiger partial charge in [-0.25, -0.2) is 0 Å². The first-order valence-electron chi connectivity index (χ1n) is 8.46. The van der Waals surface area contributed by atoms with Crippen LogP contribution in [0.1, 0.15) is 17.5 Å². The molecule has 1 aliphatic rings. The molecule has 1 fully saturated rings. The van der Waals surface area contributed by atoms with Gasteiger partial charge in [-0.1, -0.05) is 35.9 Å². The number of para-hydroxylation sites is 1. The highest BCUT2D eigenvalue weighted by Gasteiger charge is 2.47. The Balaban J connectivity index is 1.51. The van der Waals surface area contributed by atoms with Crippen molar-refractivity contribution in [2.24, 2.45) is 11.8 Å². The Morgan fingerprint density at radius 3 is 2.62 bits per heavy atom. The van der Waals surface area contributed by atoms with E-state index >= 15 is 0 Å². The zero-order valence-electron chi connectivity index (χ0n) is 14.7. The van der Waals surface area contributed by atoms with Crippen LogP contribution in [-0.2, 0) is 16.1 Å². The minimum Gasteiger partial charge on any atom is -0.496 e. The molecule has 1 saturated carbocycles. The fourth-order valence-electron chi connectivity index (χ4n) is 2.84. The molecule has 136 valence electrons. The van der Waals surface area contributed by atoms with Crippen LogP contribution < -0.4 is 15.4 Å². The lowest BCUT2D eigenvalue weighted by atomic mass is 10.2. The SMILES string of the molecule is COc1ccccc1CNC(=O)C1CC1C(=O)Nc1ccc(C)c(Cl)c1.